The molecule has 0 saturated heterocycles. The lowest BCUT2D eigenvalue weighted by atomic mass is 10.5. The molecule has 0 aromatic carbocycles. The number of nitriles is 1. The number of nitrogens with two attached hydrogens (primary N) is 1. The molecule has 2 N–H and O–H groups in total. The molecule has 56 valence electrons. The highest BCUT2D eigenvalue weighted by atomic mass is 14.8. The van der Waals surface area contributed by atoms with Crippen LogP contribution in [-0.4, -0.2) is 4.98 Å². The Kier molecular flexibility index (Phi) is 5.26. The molecule has 0 aliphatic rings. The predicted molar refractivity (Wildman–Crippen MR) is 44.5 cm³/mol. The van der Waals surface area contributed by atoms with Crippen LogP contribution in [0.15, 0.2) is 37.1 Å². The van der Waals surface area contributed by atoms with E-state index in [1.807, 2.05) is 12.1 Å². The van der Waals surface area contributed by atoms with Crippen LogP contribution in [0.5, 0.6) is 0 Å². The van der Waals surface area contributed by atoms with Crippen molar-refractivity contribution in [2.45, 2.75) is 0 Å². The van der Waals surface area contributed by atoms with Gasteiger partial charge < -0.3 is 5.73 Å². The third kappa shape index (κ3) is 6.06. The standard InChI is InChI=1S/C5H6N2.C3H3N/c6-5-3-1-2-4-7-5;1-2-3-4/h1-4H,(H2,6,7);2H,1H2. The number of pyridine rings is 1. The lowest BCUT2D eigenvalue weighted by Crippen LogP contribution is -1.85. The van der Waals surface area contributed by atoms with E-state index in [4.69, 9.17) is 11.0 Å². The number of nitrogens with zero attached hydrogens (tertiary/aromatic N) is 2. The summed E-state index contributed by atoms with van der Waals surface area (Å²) in [6.07, 6.45) is 2.84. The van der Waals surface area contributed by atoms with Crippen molar-refractivity contribution in [3.63, 3.8) is 0 Å². The molecule has 3 nitrogen and oxygen atoms in total. The summed E-state index contributed by atoms with van der Waals surface area (Å²) < 4.78 is 0. The lowest BCUT2D eigenvalue weighted by Gasteiger charge is -1.82. The molecule has 3 heteroatoms. The summed E-state index contributed by atoms with van der Waals surface area (Å²) in [5.41, 5.74) is 5.25. The van der Waals surface area contributed by atoms with Crippen LogP contribution >= 0.6 is 0 Å². The first-order valence-corrected chi connectivity index (χ1v) is 2.98. The Hall–Kier alpha value is -1.82. The predicted octanol–water partition coefficient (Wildman–Crippen LogP) is 1.36. The van der Waals surface area contributed by atoms with Crippen molar-refractivity contribution in [1.82, 2.24) is 4.98 Å². The molecule has 0 radical (unpaired) electrons. The molecule has 0 saturated carbocycles. The molecule has 0 fully saturated rings. The molecule has 0 bridgehead atoms. The largest absolute Gasteiger partial charge is 0.384 e. The van der Waals surface area contributed by atoms with Crippen LogP contribution in [0.25, 0.3) is 0 Å². The summed E-state index contributed by atoms with van der Waals surface area (Å²) in [6, 6.07) is 7.12. The molecule has 1 aromatic heterocycles. The van der Waals surface area contributed by atoms with Gasteiger partial charge in [0.2, 0.25) is 0 Å². The number of hydrogen-bond donors (Lipinski definition) is 1. The zero-order valence-corrected chi connectivity index (χ0v) is 6.07. The topological polar surface area (TPSA) is 62.7 Å². The van der Waals surface area contributed by atoms with Crippen molar-refractivity contribution < 1.29 is 0 Å². The van der Waals surface area contributed by atoms with Crippen LogP contribution < -0.4 is 5.73 Å². The highest BCUT2D eigenvalue weighted by Crippen LogP contribution is 1.89. The van der Waals surface area contributed by atoms with Gasteiger partial charge in [-0.1, -0.05) is 12.6 Å². The summed E-state index contributed by atoms with van der Waals surface area (Å²) in [6.45, 7) is 3.12. The van der Waals surface area contributed by atoms with E-state index >= 15 is 0 Å². The van der Waals surface area contributed by atoms with E-state index in [1.165, 1.54) is 6.08 Å². The summed E-state index contributed by atoms with van der Waals surface area (Å²) in [5, 5.41) is 7.51. The minimum atomic E-state index is 0.572. The monoisotopic (exact) mass is 147 g/mol. The molecule has 0 aliphatic carbocycles. The van der Waals surface area contributed by atoms with E-state index in [1.54, 1.807) is 18.3 Å². The van der Waals surface area contributed by atoms with Crippen LogP contribution in [-0.2, 0) is 0 Å². The fourth-order valence-corrected chi connectivity index (χ4v) is 0.376. The minimum absolute atomic E-state index is 0.572. The third-order valence-corrected chi connectivity index (χ3v) is 0.779. The van der Waals surface area contributed by atoms with Crippen molar-refractivity contribution in [3.05, 3.63) is 37.1 Å². The van der Waals surface area contributed by atoms with Crippen molar-refractivity contribution in [2.75, 3.05) is 5.73 Å². The first-order valence-electron chi connectivity index (χ1n) is 2.98. The van der Waals surface area contributed by atoms with Gasteiger partial charge in [0.25, 0.3) is 0 Å². The van der Waals surface area contributed by atoms with Gasteiger partial charge in [-0.05, 0) is 12.1 Å². The molecular formula is C8H9N3. The van der Waals surface area contributed by atoms with Gasteiger partial charge in [-0.2, -0.15) is 5.26 Å². The Morgan fingerprint density at radius 1 is 1.64 bits per heavy atom. The summed E-state index contributed by atoms with van der Waals surface area (Å²) in [5.74, 6) is 0.572. The third-order valence-electron chi connectivity index (χ3n) is 0.779. The average Bonchev–Trinajstić information content (AvgIpc) is 2.07. The molecule has 0 spiro atoms. The first kappa shape index (κ1) is 9.18. The van der Waals surface area contributed by atoms with Crippen LogP contribution in [0.1, 0.15) is 0 Å². The van der Waals surface area contributed by atoms with Crippen molar-refractivity contribution in [3.8, 4) is 6.07 Å². The normalized spacial score (nSPS) is 6.82. The molecule has 1 aromatic rings. The van der Waals surface area contributed by atoms with Crippen LogP contribution in [0.4, 0.5) is 5.82 Å². The van der Waals surface area contributed by atoms with E-state index < -0.39 is 0 Å². The maximum atomic E-state index is 7.51. The fraction of sp³-hybridized carbons (Fsp3) is 0. The van der Waals surface area contributed by atoms with Gasteiger partial charge in [-0.15, -0.1) is 0 Å². The van der Waals surface area contributed by atoms with E-state index in [0.717, 1.165) is 0 Å². The zero-order valence-electron chi connectivity index (χ0n) is 6.07. The van der Waals surface area contributed by atoms with Crippen molar-refractivity contribution in [1.29, 1.82) is 5.26 Å². The second kappa shape index (κ2) is 6.30. The molecule has 0 aliphatic heterocycles. The first-order chi connectivity index (χ1) is 5.31. The van der Waals surface area contributed by atoms with Crippen LogP contribution in [0.3, 0.4) is 0 Å². The Labute approximate surface area is 65.8 Å². The average molecular weight is 147 g/mol. The second-order valence-electron chi connectivity index (χ2n) is 1.59. The van der Waals surface area contributed by atoms with Gasteiger partial charge in [-0.25, -0.2) is 4.98 Å². The molecule has 11 heavy (non-hydrogen) atoms. The number of rotatable bonds is 0. The van der Waals surface area contributed by atoms with E-state index in [0.29, 0.717) is 5.82 Å². The summed E-state index contributed by atoms with van der Waals surface area (Å²) in [4.78, 5) is 3.76. The molecule has 1 rings (SSSR count). The van der Waals surface area contributed by atoms with E-state index in [-0.39, 0.29) is 0 Å². The SMILES string of the molecule is C=CC#N.Nc1ccccn1. The zero-order chi connectivity index (χ0) is 8.53. The maximum Gasteiger partial charge on any atom is 0.123 e. The maximum absolute atomic E-state index is 7.51. The van der Waals surface area contributed by atoms with Gasteiger partial charge in [0.15, 0.2) is 0 Å². The Morgan fingerprint density at radius 3 is 2.45 bits per heavy atom. The highest BCUT2D eigenvalue weighted by Gasteiger charge is 1.73. The molecular weight excluding hydrogens is 138 g/mol. The van der Waals surface area contributed by atoms with Crippen LogP contribution in [0, 0.1) is 11.3 Å². The number of allylic oxidation sites excluding steroid dienone is 1. The highest BCUT2D eigenvalue weighted by molar-refractivity contribution is 5.25. The summed E-state index contributed by atoms with van der Waals surface area (Å²) in [7, 11) is 0. The van der Waals surface area contributed by atoms with Gasteiger partial charge in [-0.3, -0.25) is 0 Å². The lowest BCUT2D eigenvalue weighted by molar-refractivity contribution is 1.34. The van der Waals surface area contributed by atoms with E-state index in [2.05, 4.69) is 11.6 Å². The van der Waals surface area contributed by atoms with Gasteiger partial charge in [0.1, 0.15) is 5.82 Å². The van der Waals surface area contributed by atoms with E-state index in [9.17, 15) is 0 Å². The number of hydrogen-bond acceptors (Lipinski definition) is 3. The number of aromatic nitrogens is 1. The molecule has 0 atom stereocenters. The number of nitrogen functional groups attached to an aromatic ring is 1. The Balaban J connectivity index is 0.000000218. The molecule has 0 amide bonds. The van der Waals surface area contributed by atoms with Crippen molar-refractivity contribution in [2.24, 2.45) is 0 Å². The second-order valence-corrected chi connectivity index (χ2v) is 1.59. The van der Waals surface area contributed by atoms with Gasteiger partial charge in [0.05, 0.1) is 6.07 Å². The smallest absolute Gasteiger partial charge is 0.123 e. The quantitative estimate of drug-likeness (QED) is 0.563. The number of anilines is 1. The minimum Gasteiger partial charge on any atom is -0.384 e. The van der Waals surface area contributed by atoms with Gasteiger partial charge >= 0.3 is 0 Å². The van der Waals surface area contributed by atoms with Crippen molar-refractivity contribution >= 4 is 5.82 Å². The van der Waals surface area contributed by atoms with Crippen LogP contribution in [0.2, 0.25) is 0 Å². The Morgan fingerprint density at radius 2 is 2.27 bits per heavy atom. The van der Waals surface area contributed by atoms with Gasteiger partial charge in [0, 0.05) is 12.3 Å². The summed E-state index contributed by atoms with van der Waals surface area (Å²) >= 11 is 0. The Bertz CT molecular complexity index is 235. The molecule has 1 heterocycles. The molecule has 0 unspecified atom stereocenters. The fourth-order valence-electron chi connectivity index (χ4n) is 0.376.